The molecule has 0 bridgehead atoms. The van der Waals surface area contributed by atoms with E-state index in [1.807, 2.05) is 0 Å². The van der Waals surface area contributed by atoms with E-state index in [0.29, 0.717) is 5.57 Å². The molecule has 0 atom stereocenters. The number of hydrogen-bond donors (Lipinski definition) is 0. The minimum absolute atomic E-state index is 0.127. The zero-order valence-corrected chi connectivity index (χ0v) is 12.9. The van der Waals surface area contributed by atoms with E-state index < -0.39 is 19.1 Å². The van der Waals surface area contributed by atoms with Crippen molar-refractivity contribution in [1.82, 2.24) is 4.31 Å². The Morgan fingerprint density at radius 2 is 1.79 bits per heavy atom. The lowest BCUT2D eigenvalue weighted by molar-refractivity contribution is 0.493. The van der Waals surface area contributed by atoms with Crippen LogP contribution in [0.15, 0.2) is 46.2 Å². The summed E-state index contributed by atoms with van der Waals surface area (Å²) in [6, 6.07) is 4.92. The SMILES string of the molecule is C=C(C)CN(C)S(=O)(=O)c1cccc(S(=O)(=O)Cl)c1. The number of sulfonamides is 1. The van der Waals surface area contributed by atoms with E-state index >= 15 is 0 Å². The molecule has 0 fully saturated rings. The van der Waals surface area contributed by atoms with Gasteiger partial charge in [-0.2, -0.15) is 4.31 Å². The van der Waals surface area contributed by atoms with Gasteiger partial charge in [0.25, 0.3) is 9.05 Å². The van der Waals surface area contributed by atoms with Crippen LogP contribution in [-0.2, 0) is 19.1 Å². The van der Waals surface area contributed by atoms with E-state index in [0.717, 1.165) is 10.4 Å². The van der Waals surface area contributed by atoms with E-state index in [9.17, 15) is 16.8 Å². The van der Waals surface area contributed by atoms with Crippen LogP contribution in [-0.4, -0.2) is 34.7 Å². The van der Waals surface area contributed by atoms with E-state index in [1.54, 1.807) is 6.92 Å². The molecular formula is C11H14ClNO4S2. The van der Waals surface area contributed by atoms with Crippen molar-refractivity contribution in [3.63, 3.8) is 0 Å². The number of hydrogen-bond acceptors (Lipinski definition) is 4. The Bertz CT molecular complexity index is 695. The fourth-order valence-corrected chi connectivity index (χ4v) is 3.58. The van der Waals surface area contributed by atoms with Gasteiger partial charge in [-0.05, 0) is 25.1 Å². The lowest BCUT2D eigenvalue weighted by Crippen LogP contribution is -2.28. The van der Waals surface area contributed by atoms with Crippen LogP contribution >= 0.6 is 10.7 Å². The predicted octanol–water partition coefficient (Wildman–Crippen LogP) is 1.81. The van der Waals surface area contributed by atoms with Gasteiger partial charge in [-0.3, -0.25) is 0 Å². The summed E-state index contributed by atoms with van der Waals surface area (Å²) < 4.78 is 47.9. The third-order valence-electron chi connectivity index (χ3n) is 2.29. The predicted molar refractivity (Wildman–Crippen MR) is 74.1 cm³/mol. The molecule has 0 saturated carbocycles. The standard InChI is InChI=1S/C11H14ClNO4S2/c1-9(2)8-13(3)19(16,17)11-6-4-5-10(7-11)18(12,14)15/h4-7H,1,8H2,2-3H3. The van der Waals surface area contributed by atoms with Crippen LogP contribution in [0, 0.1) is 0 Å². The summed E-state index contributed by atoms with van der Waals surface area (Å²) >= 11 is 0. The van der Waals surface area contributed by atoms with Crippen molar-refractivity contribution in [3.8, 4) is 0 Å². The van der Waals surface area contributed by atoms with Crippen molar-refractivity contribution in [2.24, 2.45) is 0 Å². The van der Waals surface area contributed by atoms with Gasteiger partial charge in [0.05, 0.1) is 9.79 Å². The highest BCUT2D eigenvalue weighted by molar-refractivity contribution is 8.13. The normalized spacial score (nSPS) is 12.6. The smallest absolute Gasteiger partial charge is 0.207 e. The van der Waals surface area contributed by atoms with E-state index in [4.69, 9.17) is 10.7 Å². The fourth-order valence-electron chi connectivity index (χ4n) is 1.43. The van der Waals surface area contributed by atoms with Crippen molar-refractivity contribution in [2.45, 2.75) is 16.7 Å². The lowest BCUT2D eigenvalue weighted by atomic mass is 10.4. The number of likely N-dealkylation sites (N-methyl/N-ethyl adjacent to an activating group) is 1. The summed E-state index contributed by atoms with van der Waals surface area (Å²) in [7, 11) is -1.14. The van der Waals surface area contributed by atoms with Crippen molar-refractivity contribution in [2.75, 3.05) is 13.6 Å². The molecule has 0 aliphatic carbocycles. The van der Waals surface area contributed by atoms with Crippen molar-refractivity contribution < 1.29 is 16.8 Å². The van der Waals surface area contributed by atoms with Gasteiger partial charge in [0.2, 0.25) is 10.0 Å². The van der Waals surface area contributed by atoms with Crippen LogP contribution in [0.3, 0.4) is 0 Å². The molecule has 1 aromatic rings. The summed E-state index contributed by atoms with van der Waals surface area (Å²) in [6.45, 7) is 5.49. The quantitative estimate of drug-likeness (QED) is 0.612. The summed E-state index contributed by atoms with van der Waals surface area (Å²) in [5, 5.41) is 0. The Morgan fingerprint density at radius 3 is 2.26 bits per heavy atom. The Hall–Kier alpha value is -0.890. The zero-order valence-electron chi connectivity index (χ0n) is 10.5. The highest BCUT2D eigenvalue weighted by atomic mass is 35.7. The van der Waals surface area contributed by atoms with E-state index in [-0.39, 0.29) is 16.3 Å². The fraction of sp³-hybridized carbons (Fsp3) is 0.273. The lowest BCUT2D eigenvalue weighted by Gasteiger charge is -2.17. The van der Waals surface area contributed by atoms with Crippen molar-refractivity contribution in [3.05, 3.63) is 36.4 Å². The van der Waals surface area contributed by atoms with E-state index in [1.165, 1.54) is 25.2 Å². The first-order chi connectivity index (χ1) is 8.55. The molecule has 0 aliphatic heterocycles. The summed E-state index contributed by atoms with van der Waals surface area (Å²) in [6.07, 6.45) is 0. The van der Waals surface area contributed by atoms with Gasteiger partial charge in [-0.1, -0.05) is 18.2 Å². The molecule has 0 aliphatic rings. The van der Waals surface area contributed by atoms with Gasteiger partial charge >= 0.3 is 0 Å². The second-order valence-electron chi connectivity index (χ2n) is 4.13. The highest BCUT2D eigenvalue weighted by Crippen LogP contribution is 2.21. The molecule has 106 valence electrons. The Kier molecular flexibility index (Phi) is 4.78. The highest BCUT2D eigenvalue weighted by Gasteiger charge is 2.22. The monoisotopic (exact) mass is 323 g/mol. The Labute approximate surface area is 118 Å². The Morgan fingerprint density at radius 1 is 1.26 bits per heavy atom. The van der Waals surface area contributed by atoms with Crippen LogP contribution in [0.1, 0.15) is 6.92 Å². The molecule has 0 amide bonds. The molecule has 0 heterocycles. The zero-order chi connectivity index (χ0) is 14.8. The first-order valence-electron chi connectivity index (χ1n) is 5.20. The molecule has 0 saturated heterocycles. The molecule has 19 heavy (non-hydrogen) atoms. The average Bonchev–Trinajstić information content (AvgIpc) is 2.27. The van der Waals surface area contributed by atoms with E-state index in [2.05, 4.69) is 6.58 Å². The van der Waals surface area contributed by atoms with Crippen LogP contribution < -0.4 is 0 Å². The molecule has 0 spiro atoms. The van der Waals surface area contributed by atoms with Gasteiger partial charge in [0.1, 0.15) is 0 Å². The summed E-state index contributed by atoms with van der Waals surface area (Å²) in [5.41, 5.74) is 0.673. The average molecular weight is 324 g/mol. The minimum Gasteiger partial charge on any atom is -0.207 e. The molecule has 1 rings (SSSR count). The summed E-state index contributed by atoms with van der Waals surface area (Å²) in [4.78, 5) is -0.378. The van der Waals surface area contributed by atoms with Crippen molar-refractivity contribution >= 4 is 29.8 Å². The van der Waals surface area contributed by atoms with Gasteiger partial charge in [0, 0.05) is 24.3 Å². The molecule has 8 heteroatoms. The topological polar surface area (TPSA) is 71.5 Å². The molecule has 0 aromatic heterocycles. The van der Waals surface area contributed by atoms with Gasteiger partial charge in [0.15, 0.2) is 0 Å². The molecule has 5 nitrogen and oxygen atoms in total. The third kappa shape index (κ3) is 4.04. The third-order valence-corrected chi connectivity index (χ3v) is 5.44. The van der Waals surface area contributed by atoms with Gasteiger partial charge < -0.3 is 0 Å². The molecular weight excluding hydrogens is 310 g/mol. The maximum absolute atomic E-state index is 12.2. The number of nitrogens with zero attached hydrogens (tertiary/aromatic N) is 1. The maximum atomic E-state index is 12.2. The summed E-state index contributed by atoms with van der Waals surface area (Å²) in [5.74, 6) is 0. The first-order valence-corrected chi connectivity index (χ1v) is 8.95. The van der Waals surface area contributed by atoms with Crippen LogP contribution in [0.5, 0.6) is 0 Å². The maximum Gasteiger partial charge on any atom is 0.261 e. The number of benzene rings is 1. The van der Waals surface area contributed by atoms with Gasteiger partial charge in [-0.15, -0.1) is 0 Å². The second-order valence-corrected chi connectivity index (χ2v) is 8.74. The van der Waals surface area contributed by atoms with Crippen LogP contribution in [0.4, 0.5) is 0 Å². The second kappa shape index (κ2) is 5.62. The van der Waals surface area contributed by atoms with Crippen LogP contribution in [0.2, 0.25) is 0 Å². The number of halogens is 1. The number of rotatable bonds is 5. The first kappa shape index (κ1) is 16.2. The minimum atomic E-state index is -3.96. The molecule has 0 N–H and O–H groups in total. The largest absolute Gasteiger partial charge is 0.261 e. The Balaban J connectivity index is 3.27. The molecule has 0 radical (unpaired) electrons. The molecule has 0 unspecified atom stereocenters. The van der Waals surface area contributed by atoms with Gasteiger partial charge in [-0.25, -0.2) is 16.8 Å². The molecule has 1 aromatic carbocycles. The van der Waals surface area contributed by atoms with Crippen LogP contribution in [0.25, 0.3) is 0 Å². The van der Waals surface area contributed by atoms with Crippen molar-refractivity contribution in [1.29, 1.82) is 0 Å².